The Morgan fingerprint density at radius 2 is 1.92 bits per heavy atom. The molecule has 0 atom stereocenters. The molecule has 26 heavy (non-hydrogen) atoms. The molecule has 2 aromatic carbocycles. The van der Waals surface area contributed by atoms with Crippen LogP contribution in [-0.4, -0.2) is 25.8 Å². The Kier molecular flexibility index (Phi) is 7.14. The van der Waals surface area contributed by atoms with E-state index in [0.29, 0.717) is 35.2 Å². The van der Waals surface area contributed by atoms with E-state index in [0.717, 1.165) is 6.42 Å². The van der Waals surface area contributed by atoms with Gasteiger partial charge in [-0.1, -0.05) is 26.0 Å². The van der Waals surface area contributed by atoms with Gasteiger partial charge in [-0.15, -0.1) is 0 Å². The standard InChI is InChI=1S/C20H23FN2O3/c1-14(2)10-11-26-18-9-6-16(12-19(18)25-3)20(24)23-22-13-15-4-7-17(21)8-5-15/h4-9,12-14H,10-11H2,1-3H3,(H,23,24)/b22-13+. The molecule has 2 aromatic rings. The van der Waals surface area contributed by atoms with Crippen LogP contribution in [0.4, 0.5) is 4.39 Å². The number of methoxy groups -OCH3 is 1. The maximum absolute atomic E-state index is 12.8. The Hall–Kier alpha value is -2.89. The van der Waals surface area contributed by atoms with Crippen molar-refractivity contribution in [1.82, 2.24) is 5.43 Å². The van der Waals surface area contributed by atoms with Crippen molar-refractivity contribution >= 4 is 12.1 Å². The van der Waals surface area contributed by atoms with Crippen LogP contribution in [-0.2, 0) is 0 Å². The number of ether oxygens (including phenoxy) is 2. The van der Waals surface area contributed by atoms with Crippen LogP contribution in [0, 0.1) is 11.7 Å². The van der Waals surface area contributed by atoms with Crippen molar-refractivity contribution in [1.29, 1.82) is 0 Å². The first-order chi connectivity index (χ1) is 12.5. The summed E-state index contributed by atoms with van der Waals surface area (Å²) in [5.41, 5.74) is 3.51. The lowest BCUT2D eigenvalue weighted by molar-refractivity contribution is 0.0954. The van der Waals surface area contributed by atoms with Gasteiger partial charge >= 0.3 is 0 Å². The fourth-order valence-electron chi connectivity index (χ4n) is 2.11. The lowest BCUT2D eigenvalue weighted by Crippen LogP contribution is -2.17. The highest BCUT2D eigenvalue weighted by atomic mass is 19.1. The fraction of sp³-hybridized carbons (Fsp3) is 0.300. The summed E-state index contributed by atoms with van der Waals surface area (Å²) in [7, 11) is 1.53. The number of rotatable bonds is 8. The highest BCUT2D eigenvalue weighted by Gasteiger charge is 2.11. The third-order valence-electron chi connectivity index (χ3n) is 3.63. The number of hydrogen-bond donors (Lipinski definition) is 1. The van der Waals surface area contributed by atoms with E-state index in [1.165, 1.54) is 25.5 Å². The van der Waals surface area contributed by atoms with E-state index >= 15 is 0 Å². The third kappa shape index (κ3) is 5.88. The van der Waals surface area contributed by atoms with Gasteiger partial charge in [-0.25, -0.2) is 9.82 Å². The summed E-state index contributed by atoms with van der Waals surface area (Å²) in [6.45, 7) is 4.84. The smallest absolute Gasteiger partial charge is 0.271 e. The Bertz CT molecular complexity index is 758. The van der Waals surface area contributed by atoms with Crippen LogP contribution >= 0.6 is 0 Å². The molecule has 0 aliphatic rings. The summed E-state index contributed by atoms with van der Waals surface area (Å²) in [4.78, 5) is 12.2. The Morgan fingerprint density at radius 1 is 1.19 bits per heavy atom. The minimum absolute atomic E-state index is 0.325. The molecule has 1 amide bonds. The Morgan fingerprint density at radius 3 is 2.58 bits per heavy atom. The average Bonchev–Trinajstić information content (AvgIpc) is 2.63. The van der Waals surface area contributed by atoms with Gasteiger partial charge in [0, 0.05) is 5.56 Å². The lowest BCUT2D eigenvalue weighted by atomic mass is 10.1. The van der Waals surface area contributed by atoms with E-state index < -0.39 is 0 Å². The zero-order valence-electron chi connectivity index (χ0n) is 15.2. The third-order valence-corrected chi connectivity index (χ3v) is 3.63. The molecule has 0 aliphatic heterocycles. The van der Waals surface area contributed by atoms with Gasteiger partial charge in [-0.05, 0) is 48.2 Å². The zero-order chi connectivity index (χ0) is 18.9. The van der Waals surface area contributed by atoms with Gasteiger partial charge in [0.25, 0.3) is 5.91 Å². The van der Waals surface area contributed by atoms with Gasteiger partial charge in [0.2, 0.25) is 0 Å². The van der Waals surface area contributed by atoms with Crippen LogP contribution in [0.1, 0.15) is 36.2 Å². The normalized spacial score (nSPS) is 11.0. The van der Waals surface area contributed by atoms with E-state index in [1.54, 1.807) is 30.3 Å². The summed E-state index contributed by atoms with van der Waals surface area (Å²) in [5, 5.41) is 3.88. The van der Waals surface area contributed by atoms with Crippen LogP contribution in [0.15, 0.2) is 47.6 Å². The molecular formula is C20H23FN2O3. The monoisotopic (exact) mass is 358 g/mol. The highest BCUT2D eigenvalue weighted by molar-refractivity contribution is 5.95. The van der Waals surface area contributed by atoms with E-state index in [2.05, 4.69) is 24.4 Å². The second-order valence-electron chi connectivity index (χ2n) is 6.15. The van der Waals surface area contributed by atoms with E-state index in [4.69, 9.17) is 9.47 Å². The van der Waals surface area contributed by atoms with Crippen LogP contribution in [0.5, 0.6) is 11.5 Å². The molecular weight excluding hydrogens is 335 g/mol. The molecule has 0 heterocycles. The number of nitrogens with zero attached hydrogens (tertiary/aromatic N) is 1. The second kappa shape index (κ2) is 9.56. The van der Waals surface area contributed by atoms with Gasteiger partial charge in [0.15, 0.2) is 11.5 Å². The van der Waals surface area contributed by atoms with Crippen molar-refractivity contribution in [3.63, 3.8) is 0 Å². The second-order valence-corrected chi connectivity index (χ2v) is 6.15. The quantitative estimate of drug-likeness (QED) is 0.573. The van der Waals surface area contributed by atoms with Crippen molar-refractivity contribution in [2.75, 3.05) is 13.7 Å². The predicted molar refractivity (Wildman–Crippen MR) is 99.4 cm³/mol. The van der Waals surface area contributed by atoms with Crippen LogP contribution in [0.2, 0.25) is 0 Å². The molecule has 0 aliphatic carbocycles. The molecule has 0 radical (unpaired) electrons. The summed E-state index contributed by atoms with van der Waals surface area (Å²) in [5.74, 6) is 0.929. The maximum atomic E-state index is 12.8. The van der Waals surface area contributed by atoms with Gasteiger partial charge in [0.1, 0.15) is 5.82 Å². The van der Waals surface area contributed by atoms with Gasteiger partial charge in [0.05, 0.1) is 19.9 Å². The van der Waals surface area contributed by atoms with Crippen molar-refractivity contribution in [3.05, 3.63) is 59.4 Å². The van der Waals surface area contributed by atoms with Crippen molar-refractivity contribution < 1.29 is 18.7 Å². The van der Waals surface area contributed by atoms with Gasteiger partial charge in [-0.3, -0.25) is 4.79 Å². The maximum Gasteiger partial charge on any atom is 0.271 e. The molecule has 0 fully saturated rings. The molecule has 138 valence electrons. The molecule has 0 spiro atoms. The van der Waals surface area contributed by atoms with E-state index in [-0.39, 0.29) is 11.7 Å². The summed E-state index contributed by atoms with van der Waals surface area (Å²) >= 11 is 0. The van der Waals surface area contributed by atoms with Crippen molar-refractivity contribution in [2.45, 2.75) is 20.3 Å². The van der Waals surface area contributed by atoms with Crippen LogP contribution in [0.25, 0.3) is 0 Å². The Labute approximate surface area is 152 Å². The number of amides is 1. The molecule has 0 aromatic heterocycles. The summed E-state index contributed by atoms with van der Waals surface area (Å²) in [6, 6.07) is 10.7. The van der Waals surface area contributed by atoms with Gasteiger partial charge < -0.3 is 9.47 Å². The average molecular weight is 358 g/mol. The fourth-order valence-corrected chi connectivity index (χ4v) is 2.11. The predicted octanol–water partition coefficient (Wildman–Crippen LogP) is 4.02. The molecule has 0 saturated heterocycles. The minimum Gasteiger partial charge on any atom is -0.493 e. The molecule has 6 heteroatoms. The van der Waals surface area contributed by atoms with Gasteiger partial charge in [-0.2, -0.15) is 5.10 Å². The van der Waals surface area contributed by atoms with Crippen molar-refractivity contribution in [3.8, 4) is 11.5 Å². The van der Waals surface area contributed by atoms with Crippen molar-refractivity contribution in [2.24, 2.45) is 11.0 Å². The first-order valence-corrected chi connectivity index (χ1v) is 8.39. The number of halogens is 1. The molecule has 2 rings (SSSR count). The number of hydrazone groups is 1. The number of benzene rings is 2. The molecule has 0 saturated carbocycles. The summed E-state index contributed by atoms with van der Waals surface area (Å²) < 4.78 is 23.8. The van der Waals surface area contributed by atoms with E-state index in [9.17, 15) is 9.18 Å². The number of nitrogens with one attached hydrogen (secondary N) is 1. The molecule has 1 N–H and O–H groups in total. The van der Waals surface area contributed by atoms with E-state index in [1.807, 2.05) is 0 Å². The Balaban J connectivity index is 1.98. The van der Waals surface area contributed by atoms with Crippen LogP contribution < -0.4 is 14.9 Å². The molecule has 0 bridgehead atoms. The number of carbonyl (C=O) groups is 1. The molecule has 5 nitrogen and oxygen atoms in total. The zero-order valence-corrected chi connectivity index (χ0v) is 15.2. The SMILES string of the molecule is COc1cc(C(=O)N/N=C/c2ccc(F)cc2)ccc1OCCC(C)C. The van der Waals surface area contributed by atoms with Crippen LogP contribution in [0.3, 0.4) is 0 Å². The first kappa shape index (κ1) is 19.4. The summed E-state index contributed by atoms with van der Waals surface area (Å²) in [6.07, 6.45) is 2.38. The topological polar surface area (TPSA) is 59.9 Å². The lowest BCUT2D eigenvalue weighted by Gasteiger charge is -2.12. The number of carbonyl (C=O) groups excluding carboxylic acids is 1. The largest absolute Gasteiger partial charge is 0.493 e. The first-order valence-electron chi connectivity index (χ1n) is 8.39. The number of hydrogen-bond acceptors (Lipinski definition) is 4. The highest BCUT2D eigenvalue weighted by Crippen LogP contribution is 2.28. The minimum atomic E-state index is -0.379. The molecule has 0 unspecified atom stereocenters.